The Hall–Kier alpha value is -3.22. The molecule has 156 valence electrons. The normalized spacial score (nSPS) is 14.8. The van der Waals surface area contributed by atoms with E-state index in [9.17, 15) is 9.59 Å². The summed E-state index contributed by atoms with van der Waals surface area (Å²) in [7, 11) is 0. The fourth-order valence-corrected chi connectivity index (χ4v) is 4.92. The van der Waals surface area contributed by atoms with E-state index in [2.05, 4.69) is 51.3 Å². The van der Waals surface area contributed by atoms with E-state index in [0.29, 0.717) is 12.1 Å². The van der Waals surface area contributed by atoms with Gasteiger partial charge in [0.1, 0.15) is 11.1 Å². The highest BCUT2D eigenvalue weighted by atomic mass is 32.1. The van der Waals surface area contributed by atoms with E-state index in [1.165, 1.54) is 16.7 Å². The molecule has 0 bridgehead atoms. The molecule has 1 aliphatic heterocycles. The van der Waals surface area contributed by atoms with Gasteiger partial charge in [0.25, 0.3) is 5.91 Å². The van der Waals surface area contributed by atoms with Gasteiger partial charge in [-0.25, -0.2) is 4.79 Å². The van der Waals surface area contributed by atoms with Crippen molar-refractivity contribution in [2.45, 2.75) is 19.0 Å². The van der Waals surface area contributed by atoms with Gasteiger partial charge in [0.15, 0.2) is 0 Å². The van der Waals surface area contributed by atoms with Gasteiger partial charge in [-0.05, 0) is 52.1 Å². The zero-order valence-electron chi connectivity index (χ0n) is 16.9. The molecule has 0 aliphatic carbocycles. The number of para-hydroxylation sites is 1. The van der Waals surface area contributed by atoms with E-state index in [1.807, 2.05) is 12.1 Å². The maximum Gasteiger partial charge on any atom is 0.349 e. The lowest BCUT2D eigenvalue weighted by Gasteiger charge is -2.35. The van der Waals surface area contributed by atoms with Crippen molar-refractivity contribution in [3.05, 3.63) is 104 Å². The number of carbonyl (C=O) groups is 1. The molecule has 1 N–H and O–H groups in total. The first-order valence-corrected chi connectivity index (χ1v) is 11.3. The second-order valence-electron chi connectivity index (χ2n) is 7.76. The number of benzene rings is 2. The summed E-state index contributed by atoms with van der Waals surface area (Å²) >= 11 is 1.65. The molecule has 2 aromatic carbocycles. The molecule has 1 atom stereocenters. The summed E-state index contributed by atoms with van der Waals surface area (Å²) in [5, 5.41) is 7.89. The average molecular weight is 431 g/mol. The minimum Gasteiger partial charge on any atom is -0.422 e. The van der Waals surface area contributed by atoms with Crippen molar-refractivity contribution in [2.24, 2.45) is 0 Å². The molecule has 3 heterocycles. The van der Waals surface area contributed by atoms with Crippen LogP contribution >= 0.6 is 11.3 Å². The summed E-state index contributed by atoms with van der Waals surface area (Å²) in [6.07, 6.45) is 0.985. The number of hydrogen-bond donors (Lipinski definition) is 1. The second kappa shape index (κ2) is 8.49. The fourth-order valence-electron chi connectivity index (χ4n) is 4.21. The second-order valence-corrected chi connectivity index (χ2v) is 8.54. The number of amides is 1. The number of hydrogen-bond acceptors (Lipinski definition) is 5. The predicted molar refractivity (Wildman–Crippen MR) is 122 cm³/mol. The molecule has 1 aliphatic rings. The lowest BCUT2D eigenvalue weighted by molar-refractivity contribution is 0.0924. The van der Waals surface area contributed by atoms with Gasteiger partial charge in [0.2, 0.25) is 0 Å². The van der Waals surface area contributed by atoms with E-state index in [-0.39, 0.29) is 11.6 Å². The maximum absolute atomic E-state index is 12.9. The molecule has 0 spiro atoms. The minimum atomic E-state index is -0.616. The van der Waals surface area contributed by atoms with Crippen LogP contribution in [0, 0.1) is 0 Å². The van der Waals surface area contributed by atoms with Crippen molar-refractivity contribution in [3.8, 4) is 0 Å². The van der Waals surface area contributed by atoms with Crippen LogP contribution in [0.1, 0.15) is 33.1 Å². The molecule has 31 heavy (non-hydrogen) atoms. The van der Waals surface area contributed by atoms with Crippen LogP contribution in [0.2, 0.25) is 0 Å². The first-order chi connectivity index (χ1) is 15.2. The number of thiophene rings is 1. The lowest BCUT2D eigenvalue weighted by atomic mass is 9.97. The van der Waals surface area contributed by atoms with Gasteiger partial charge in [0, 0.05) is 25.0 Å². The molecule has 0 fully saturated rings. The maximum atomic E-state index is 12.9. The highest BCUT2D eigenvalue weighted by Gasteiger charge is 2.26. The van der Waals surface area contributed by atoms with Gasteiger partial charge < -0.3 is 9.73 Å². The van der Waals surface area contributed by atoms with Crippen LogP contribution in [0.3, 0.4) is 0 Å². The highest BCUT2D eigenvalue weighted by Crippen LogP contribution is 2.28. The number of nitrogens with zero attached hydrogens (tertiary/aromatic N) is 1. The van der Waals surface area contributed by atoms with Crippen molar-refractivity contribution in [1.82, 2.24) is 10.2 Å². The Labute approximate surface area is 183 Å². The summed E-state index contributed by atoms with van der Waals surface area (Å²) < 4.78 is 5.32. The summed E-state index contributed by atoms with van der Waals surface area (Å²) in [6.45, 7) is 2.18. The van der Waals surface area contributed by atoms with Crippen LogP contribution in [0.5, 0.6) is 0 Å². The molecule has 5 nitrogen and oxygen atoms in total. The smallest absolute Gasteiger partial charge is 0.349 e. The van der Waals surface area contributed by atoms with Crippen molar-refractivity contribution >= 4 is 28.2 Å². The largest absolute Gasteiger partial charge is 0.422 e. The SMILES string of the molecule is O=C(NC[C@H](c1ccsc1)N1CCc2ccccc2C1)c1cc2ccccc2oc1=O. The monoisotopic (exact) mass is 430 g/mol. The molecule has 5 rings (SSSR count). The summed E-state index contributed by atoms with van der Waals surface area (Å²) in [6, 6.07) is 19.5. The van der Waals surface area contributed by atoms with Crippen molar-refractivity contribution < 1.29 is 9.21 Å². The zero-order chi connectivity index (χ0) is 21.2. The van der Waals surface area contributed by atoms with Crippen molar-refractivity contribution in [1.29, 1.82) is 0 Å². The quantitative estimate of drug-likeness (QED) is 0.477. The van der Waals surface area contributed by atoms with E-state index in [0.717, 1.165) is 24.9 Å². The van der Waals surface area contributed by atoms with Crippen molar-refractivity contribution in [2.75, 3.05) is 13.1 Å². The number of fused-ring (bicyclic) bond motifs is 2. The van der Waals surface area contributed by atoms with Gasteiger partial charge >= 0.3 is 5.63 Å². The molecule has 0 unspecified atom stereocenters. The molecule has 4 aromatic rings. The van der Waals surface area contributed by atoms with Crippen LogP contribution in [0.15, 0.2) is 80.6 Å². The average Bonchev–Trinajstić information content (AvgIpc) is 3.33. The Morgan fingerprint density at radius 3 is 2.74 bits per heavy atom. The molecular formula is C25H22N2O3S. The summed E-state index contributed by atoms with van der Waals surface area (Å²) in [5.74, 6) is -0.405. The molecule has 0 radical (unpaired) electrons. The molecule has 0 saturated heterocycles. The van der Waals surface area contributed by atoms with Gasteiger partial charge in [-0.2, -0.15) is 11.3 Å². The molecule has 2 aromatic heterocycles. The molecule has 1 amide bonds. The van der Waals surface area contributed by atoms with Crippen LogP contribution in [0.25, 0.3) is 11.0 Å². The summed E-state index contributed by atoms with van der Waals surface area (Å²) in [5.41, 5.74) is 3.79. The number of nitrogens with one attached hydrogen (secondary N) is 1. The lowest BCUT2D eigenvalue weighted by Crippen LogP contribution is -2.41. The van der Waals surface area contributed by atoms with Crippen molar-refractivity contribution in [3.63, 3.8) is 0 Å². The number of rotatable bonds is 5. The van der Waals surface area contributed by atoms with E-state index >= 15 is 0 Å². The third-order valence-electron chi connectivity index (χ3n) is 5.87. The van der Waals surface area contributed by atoms with E-state index in [1.54, 1.807) is 29.5 Å². The van der Waals surface area contributed by atoms with Gasteiger partial charge in [0.05, 0.1) is 6.04 Å². The van der Waals surface area contributed by atoms with Crippen LogP contribution in [-0.2, 0) is 13.0 Å². The Balaban J connectivity index is 1.37. The zero-order valence-corrected chi connectivity index (χ0v) is 17.7. The topological polar surface area (TPSA) is 62.6 Å². The van der Waals surface area contributed by atoms with E-state index in [4.69, 9.17) is 4.42 Å². The van der Waals surface area contributed by atoms with Crippen LogP contribution < -0.4 is 10.9 Å². The first kappa shape index (κ1) is 19.7. The third-order valence-corrected chi connectivity index (χ3v) is 6.57. The molecular weight excluding hydrogens is 408 g/mol. The minimum absolute atomic E-state index is 0.0340. The standard InChI is InChI=1S/C25H22N2O3S/c28-24(21-13-18-6-3-4-8-23(18)30-25(21)29)26-14-22(20-10-12-31-16-20)27-11-9-17-5-1-2-7-19(17)15-27/h1-8,10,12-13,16,22H,9,11,14-15H2,(H,26,28)/t22-/m1/s1. The Bertz CT molecular complexity index is 1280. The van der Waals surface area contributed by atoms with E-state index < -0.39 is 11.5 Å². The Morgan fingerprint density at radius 2 is 1.90 bits per heavy atom. The molecule has 0 saturated carbocycles. The predicted octanol–water partition coefficient (Wildman–Crippen LogP) is 4.38. The number of carbonyl (C=O) groups excluding carboxylic acids is 1. The Kier molecular flexibility index (Phi) is 5.40. The van der Waals surface area contributed by atoms with Crippen LogP contribution in [0.4, 0.5) is 0 Å². The highest BCUT2D eigenvalue weighted by molar-refractivity contribution is 7.08. The van der Waals surface area contributed by atoms with Gasteiger partial charge in [-0.15, -0.1) is 0 Å². The Morgan fingerprint density at radius 1 is 1.10 bits per heavy atom. The third kappa shape index (κ3) is 4.04. The first-order valence-electron chi connectivity index (χ1n) is 10.3. The fraction of sp³-hybridized carbons (Fsp3) is 0.200. The summed E-state index contributed by atoms with van der Waals surface area (Å²) in [4.78, 5) is 27.6. The van der Waals surface area contributed by atoms with Crippen LogP contribution in [-0.4, -0.2) is 23.9 Å². The molecule has 6 heteroatoms. The van der Waals surface area contributed by atoms with Gasteiger partial charge in [-0.1, -0.05) is 42.5 Å². The van der Waals surface area contributed by atoms with Gasteiger partial charge in [-0.3, -0.25) is 9.69 Å².